The summed E-state index contributed by atoms with van der Waals surface area (Å²) in [5.74, 6) is -0.168. The van der Waals surface area contributed by atoms with Gasteiger partial charge in [-0.05, 0) is 43.5 Å². The lowest BCUT2D eigenvalue weighted by Gasteiger charge is -2.33. The molecule has 160 valence electrons. The monoisotopic (exact) mass is 410 g/mol. The van der Waals surface area contributed by atoms with E-state index >= 15 is 0 Å². The number of carbonyl (C=O) groups excluding carboxylic acids is 1. The summed E-state index contributed by atoms with van der Waals surface area (Å²) in [5, 5.41) is 9.80. The normalized spacial score (nSPS) is 19.7. The molecular formula is C22H29F3N2O2. The van der Waals surface area contributed by atoms with Gasteiger partial charge < -0.3 is 10.0 Å². The average molecular weight is 410 g/mol. The third-order valence-corrected chi connectivity index (χ3v) is 5.25. The summed E-state index contributed by atoms with van der Waals surface area (Å²) in [6.45, 7) is 5.76. The molecule has 0 spiro atoms. The molecule has 1 saturated heterocycles. The second kappa shape index (κ2) is 10.1. The Balaban J connectivity index is 2.13. The van der Waals surface area contributed by atoms with Crippen LogP contribution >= 0.6 is 0 Å². The van der Waals surface area contributed by atoms with Crippen molar-refractivity contribution < 1.29 is 23.1 Å². The summed E-state index contributed by atoms with van der Waals surface area (Å²) in [5.41, 5.74) is 0.798. The SMILES string of the molecule is C/C=C\C(=C/C)C(CN1CC[C@H](O)C1)N(C)C(=O)Cc1ccc(C(F)(F)F)cc1. The van der Waals surface area contributed by atoms with Crippen molar-refractivity contribution in [3.63, 3.8) is 0 Å². The molecule has 4 nitrogen and oxygen atoms in total. The fourth-order valence-electron chi connectivity index (χ4n) is 3.55. The highest BCUT2D eigenvalue weighted by Crippen LogP contribution is 2.29. The minimum atomic E-state index is -4.39. The van der Waals surface area contributed by atoms with Gasteiger partial charge in [0.1, 0.15) is 0 Å². The minimum absolute atomic E-state index is 0.0284. The molecule has 1 aliphatic heterocycles. The second-order valence-electron chi connectivity index (χ2n) is 7.38. The van der Waals surface area contributed by atoms with E-state index in [2.05, 4.69) is 4.90 Å². The first-order valence-corrected chi connectivity index (χ1v) is 9.76. The third kappa shape index (κ3) is 6.44. The summed E-state index contributed by atoms with van der Waals surface area (Å²) >= 11 is 0. The number of aliphatic hydroxyl groups is 1. The molecule has 0 radical (unpaired) electrons. The molecule has 0 bridgehead atoms. The Morgan fingerprint density at radius 2 is 1.97 bits per heavy atom. The number of likely N-dealkylation sites (tertiary alicyclic amines) is 1. The van der Waals surface area contributed by atoms with Gasteiger partial charge in [0, 0.05) is 26.7 Å². The number of alkyl halides is 3. The highest BCUT2D eigenvalue weighted by molar-refractivity contribution is 5.79. The van der Waals surface area contributed by atoms with Crippen LogP contribution in [0.25, 0.3) is 0 Å². The predicted octanol–water partition coefficient (Wildman–Crippen LogP) is 3.66. The van der Waals surface area contributed by atoms with Gasteiger partial charge >= 0.3 is 6.18 Å². The Bertz CT molecular complexity index is 741. The van der Waals surface area contributed by atoms with Crippen molar-refractivity contribution in [2.24, 2.45) is 0 Å². The number of allylic oxidation sites excluding steroid dienone is 2. The molecule has 7 heteroatoms. The van der Waals surface area contributed by atoms with Crippen molar-refractivity contribution in [3.05, 3.63) is 59.2 Å². The van der Waals surface area contributed by atoms with Gasteiger partial charge in [-0.3, -0.25) is 9.69 Å². The van der Waals surface area contributed by atoms with E-state index in [9.17, 15) is 23.1 Å². The summed E-state index contributed by atoms with van der Waals surface area (Å²) < 4.78 is 38.2. The number of amides is 1. The first kappa shape index (κ1) is 23.2. The second-order valence-corrected chi connectivity index (χ2v) is 7.38. The van der Waals surface area contributed by atoms with Gasteiger partial charge in [-0.15, -0.1) is 0 Å². The van der Waals surface area contributed by atoms with Crippen LogP contribution in [0.3, 0.4) is 0 Å². The zero-order chi connectivity index (χ0) is 21.6. The summed E-state index contributed by atoms with van der Waals surface area (Å²) in [6, 6.07) is 4.50. The molecule has 0 saturated carbocycles. The Labute approximate surface area is 170 Å². The molecule has 1 heterocycles. The fourth-order valence-corrected chi connectivity index (χ4v) is 3.55. The number of halogens is 3. The van der Waals surface area contributed by atoms with Crippen molar-refractivity contribution in [1.29, 1.82) is 0 Å². The van der Waals surface area contributed by atoms with E-state index in [1.54, 1.807) is 11.9 Å². The fraction of sp³-hybridized carbons (Fsp3) is 0.500. The molecule has 1 fully saturated rings. The first-order chi connectivity index (χ1) is 13.7. The molecule has 0 aliphatic carbocycles. The van der Waals surface area contributed by atoms with Crippen molar-refractivity contribution in [2.45, 2.75) is 45.0 Å². The largest absolute Gasteiger partial charge is 0.416 e. The lowest BCUT2D eigenvalue weighted by Crippen LogP contribution is -2.46. The van der Waals surface area contributed by atoms with E-state index < -0.39 is 11.7 Å². The molecule has 1 unspecified atom stereocenters. The van der Waals surface area contributed by atoms with Gasteiger partial charge in [0.25, 0.3) is 0 Å². The molecule has 1 aliphatic rings. The number of hydrogen-bond acceptors (Lipinski definition) is 3. The van der Waals surface area contributed by atoms with E-state index in [0.29, 0.717) is 25.1 Å². The van der Waals surface area contributed by atoms with Gasteiger partial charge in [0.2, 0.25) is 5.91 Å². The highest BCUT2D eigenvalue weighted by Gasteiger charge is 2.31. The number of aliphatic hydroxyl groups excluding tert-OH is 1. The van der Waals surface area contributed by atoms with E-state index in [1.807, 2.05) is 32.1 Å². The van der Waals surface area contributed by atoms with Crippen LogP contribution in [0.2, 0.25) is 0 Å². The average Bonchev–Trinajstić information content (AvgIpc) is 3.08. The maximum Gasteiger partial charge on any atom is 0.416 e. The number of benzene rings is 1. The molecule has 1 aromatic carbocycles. The Hall–Kier alpha value is -2.12. The highest BCUT2D eigenvalue weighted by atomic mass is 19.4. The molecule has 2 atom stereocenters. The third-order valence-electron chi connectivity index (χ3n) is 5.25. The van der Waals surface area contributed by atoms with Crippen LogP contribution in [0.4, 0.5) is 13.2 Å². The maximum absolute atomic E-state index is 12.9. The first-order valence-electron chi connectivity index (χ1n) is 9.76. The molecule has 1 aromatic rings. The molecule has 29 heavy (non-hydrogen) atoms. The van der Waals surface area contributed by atoms with E-state index in [4.69, 9.17) is 0 Å². The van der Waals surface area contributed by atoms with Gasteiger partial charge in [0.15, 0.2) is 0 Å². The Kier molecular flexibility index (Phi) is 8.05. The molecule has 2 rings (SSSR count). The zero-order valence-electron chi connectivity index (χ0n) is 17.1. The number of rotatable bonds is 7. The number of nitrogens with zero attached hydrogens (tertiary/aromatic N) is 2. The standard InChI is InChI=1S/C22H29F3N2O2/c1-4-6-17(5-2)20(15-27-12-11-19(28)14-27)26(3)21(29)13-16-7-9-18(10-8-16)22(23,24)25/h4-10,19-20,28H,11-15H2,1-3H3/b6-4-,17-5+/t19-,20?/m0/s1. The molecule has 1 N–H and O–H groups in total. The van der Waals surface area contributed by atoms with E-state index in [1.165, 1.54) is 12.1 Å². The van der Waals surface area contributed by atoms with Gasteiger partial charge in [-0.1, -0.05) is 30.4 Å². The van der Waals surface area contributed by atoms with Crippen molar-refractivity contribution in [2.75, 3.05) is 26.7 Å². The van der Waals surface area contributed by atoms with Gasteiger partial charge in [-0.25, -0.2) is 0 Å². The van der Waals surface area contributed by atoms with Crippen LogP contribution in [0.5, 0.6) is 0 Å². The number of hydrogen-bond donors (Lipinski definition) is 1. The minimum Gasteiger partial charge on any atom is -0.392 e. The summed E-state index contributed by atoms with van der Waals surface area (Å²) in [7, 11) is 1.72. The maximum atomic E-state index is 12.9. The van der Waals surface area contributed by atoms with Gasteiger partial charge in [0.05, 0.1) is 24.1 Å². The summed E-state index contributed by atoms with van der Waals surface area (Å²) in [4.78, 5) is 16.7. The zero-order valence-corrected chi connectivity index (χ0v) is 17.1. The molecule has 0 aromatic heterocycles. The predicted molar refractivity (Wildman–Crippen MR) is 107 cm³/mol. The smallest absolute Gasteiger partial charge is 0.392 e. The lowest BCUT2D eigenvalue weighted by atomic mass is 10.0. The Morgan fingerprint density at radius 3 is 2.45 bits per heavy atom. The molecule has 1 amide bonds. The van der Waals surface area contributed by atoms with E-state index in [-0.39, 0.29) is 24.5 Å². The van der Waals surface area contributed by atoms with Gasteiger partial charge in [-0.2, -0.15) is 13.2 Å². The van der Waals surface area contributed by atoms with Crippen LogP contribution in [0.1, 0.15) is 31.4 Å². The quantitative estimate of drug-likeness (QED) is 0.698. The van der Waals surface area contributed by atoms with Crippen LogP contribution in [-0.4, -0.2) is 59.6 Å². The topological polar surface area (TPSA) is 43.8 Å². The molecular weight excluding hydrogens is 381 g/mol. The number of β-amino-alcohol motifs (C(OH)–C–C–N with tert-alkyl or cyclic N) is 1. The number of likely N-dealkylation sites (N-methyl/N-ethyl adjacent to an activating group) is 1. The van der Waals surface area contributed by atoms with Crippen LogP contribution in [-0.2, 0) is 17.4 Å². The Morgan fingerprint density at radius 1 is 1.31 bits per heavy atom. The van der Waals surface area contributed by atoms with E-state index in [0.717, 1.165) is 24.3 Å². The lowest BCUT2D eigenvalue weighted by molar-refractivity contribution is -0.137. The number of carbonyl (C=O) groups is 1. The van der Waals surface area contributed by atoms with Crippen LogP contribution in [0, 0.1) is 0 Å². The van der Waals surface area contributed by atoms with Crippen LogP contribution < -0.4 is 0 Å². The summed E-state index contributed by atoms with van der Waals surface area (Å²) in [6.07, 6.45) is 1.83. The van der Waals surface area contributed by atoms with Crippen molar-refractivity contribution in [3.8, 4) is 0 Å². The van der Waals surface area contributed by atoms with Crippen LogP contribution in [0.15, 0.2) is 48.1 Å². The van der Waals surface area contributed by atoms with Crippen molar-refractivity contribution >= 4 is 5.91 Å². The van der Waals surface area contributed by atoms with Crippen molar-refractivity contribution in [1.82, 2.24) is 9.80 Å².